The minimum absolute atomic E-state index is 0.266. The summed E-state index contributed by atoms with van der Waals surface area (Å²) in [5.41, 5.74) is 0. The van der Waals surface area contributed by atoms with Crippen LogP contribution in [-0.4, -0.2) is 8.90 Å². The molecule has 0 saturated heterocycles. The van der Waals surface area contributed by atoms with Crippen molar-refractivity contribution in [1.82, 2.24) is 0 Å². The highest BCUT2D eigenvalue weighted by atomic mass is 127. The molecule has 11 heavy (non-hydrogen) atoms. The predicted molar refractivity (Wildman–Crippen MR) is 61.3 cm³/mol. The molecule has 0 aliphatic carbocycles. The molecule has 0 aromatic carbocycles. The molecular formula is C6H4I2O2S. The van der Waals surface area contributed by atoms with Gasteiger partial charge < -0.3 is 5.11 Å². The Bertz CT molecular complexity index is 256. The zero-order valence-electron chi connectivity index (χ0n) is 5.25. The van der Waals surface area contributed by atoms with Gasteiger partial charge in [0.05, 0.1) is 4.88 Å². The second-order valence-electron chi connectivity index (χ2n) is 1.87. The van der Waals surface area contributed by atoms with Gasteiger partial charge in [0, 0.05) is 22.6 Å². The minimum atomic E-state index is -1.34. The molecule has 0 amide bonds. The third-order valence-electron chi connectivity index (χ3n) is 1.11. The second-order valence-corrected chi connectivity index (χ2v) is 5.36. The predicted octanol–water partition coefficient (Wildman–Crippen LogP) is 2.29. The van der Waals surface area contributed by atoms with Gasteiger partial charge in [-0.1, -0.05) is 6.07 Å². The van der Waals surface area contributed by atoms with E-state index in [1.165, 1.54) is 11.3 Å². The van der Waals surface area contributed by atoms with Crippen molar-refractivity contribution < 1.29 is 9.90 Å². The molecule has 60 valence electrons. The van der Waals surface area contributed by atoms with Crippen molar-refractivity contribution in [2.45, 2.75) is 3.61 Å². The van der Waals surface area contributed by atoms with E-state index in [0.29, 0.717) is 4.88 Å². The van der Waals surface area contributed by atoms with E-state index in [1.54, 1.807) is 51.2 Å². The van der Waals surface area contributed by atoms with E-state index in [1.807, 2.05) is 11.4 Å². The zero-order chi connectivity index (χ0) is 8.48. The topological polar surface area (TPSA) is 37.3 Å². The maximum atomic E-state index is 10.9. The van der Waals surface area contributed by atoms with Crippen LogP contribution >= 0.6 is 56.5 Å². The van der Waals surface area contributed by atoms with Crippen LogP contribution in [0, 0.1) is 0 Å². The van der Waals surface area contributed by atoms with Crippen LogP contribution in [0.15, 0.2) is 17.5 Å². The van der Waals surface area contributed by atoms with Crippen molar-refractivity contribution in [2.75, 3.05) is 0 Å². The average molecular weight is 394 g/mol. The number of hydrogen-bond acceptors (Lipinski definition) is 3. The normalized spacial score (nSPS) is 15.9. The van der Waals surface area contributed by atoms with Crippen LogP contribution in [0.1, 0.15) is 4.88 Å². The molecule has 0 radical (unpaired) electrons. The summed E-state index contributed by atoms with van der Waals surface area (Å²) in [6, 6.07) is 3.55. The number of rotatable bonds is 2. The molecule has 0 saturated carbocycles. The average Bonchev–Trinajstić information content (AvgIpc) is 2.37. The van der Waals surface area contributed by atoms with Crippen LogP contribution in [0.5, 0.6) is 0 Å². The fourth-order valence-electron chi connectivity index (χ4n) is 0.564. The van der Waals surface area contributed by atoms with Crippen molar-refractivity contribution in [3.63, 3.8) is 0 Å². The zero-order valence-corrected chi connectivity index (χ0v) is 10.4. The summed E-state index contributed by atoms with van der Waals surface area (Å²) < 4.78 is -1.61. The smallest absolute Gasteiger partial charge is 0.239 e. The van der Waals surface area contributed by atoms with Crippen molar-refractivity contribution in [3.8, 4) is 0 Å². The van der Waals surface area contributed by atoms with Gasteiger partial charge in [-0.2, -0.15) is 0 Å². The summed E-state index contributed by atoms with van der Waals surface area (Å²) in [7, 11) is 0. The molecule has 1 aromatic rings. The number of aliphatic hydroxyl groups is 1. The minimum Gasteiger partial charge on any atom is -0.368 e. The summed E-state index contributed by atoms with van der Waals surface area (Å²) in [5, 5.41) is 11.4. The Morgan fingerprint density at radius 1 is 1.73 bits per heavy atom. The summed E-state index contributed by atoms with van der Waals surface area (Å²) in [6.45, 7) is 0. The number of carbonyl (C=O) groups is 1. The highest BCUT2D eigenvalue weighted by Gasteiger charge is 2.33. The molecule has 1 aromatic heterocycles. The van der Waals surface area contributed by atoms with Gasteiger partial charge in [-0.25, -0.2) is 0 Å². The Balaban J connectivity index is 3.00. The van der Waals surface area contributed by atoms with E-state index in [4.69, 9.17) is 0 Å². The van der Waals surface area contributed by atoms with Gasteiger partial charge >= 0.3 is 0 Å². The monoisotopic (exact) mass is 394 g/mol. The lowest BCUT2D eigenvalue weighted by molar-refractivity contribution is -0.117. The molecule has 0 aliphatic heterocycles. The van der Waals surface area contributed by atoms with Crippen LogP contribution in [0.3, 0.4) is 0 Å². The third kappa shape index (κ3) is 2.13. The van der Waals surface area contributed by atoms with Crippen LogP contribution < -0.4 is 0 Å². The van der Waals surface area contributed by atoms with E-state index in [2.05, 4.69) is 0 Å². The lowest BCUT2D eigenvalue weighted by Crippen LogP contribution is -2.22. The largest absolute Gasteiger partial charge is 0.368 e. The van der Waals surface area contributed by atoms with Gasteiger partial charge in [0.25, 0.3) is 0 Å². The van der Waals surface area contributed by atoms with E-state index < -0.39 is 3.61 Å². The van der Waals surface area contributed by atoms with Crippen molar-refractivity contribution >= 4 is 60.3 Å². The molecule has 1 heterocycles. The van der Waals surface area contributed by atoms with Gasteiger partial charge in [0.2, 0.25) is 7.40 Å². The van der Waals surface area contributed by atoms with E-state index in [9.17, 15) is 9.90 Å². The standard InChI is InChI=1S/C6H4I2O2S/c7-5(9)6(8,10)4-2-1-3-11-4/h1-3,10H. The first-order chi connectivity index (χ1) is 5.05. The molecule has 1 N–H and O–H groups in total. The van der Waals surface area contributed by atoms with Gasteiger partial charge in [-0.3, -0.25) is 4.79 Å². The lowest BCUT2D eigenvalue weighted by atomic mass is 10.3. The van der Waals surface area contributed by atoms with E-state index >= 15 is 0 Å². The van der Waals surface area contributed by atoms with Crippen molar-refractivity contribution in [3.05, 3.63) is 22.4 Å². The molecule has 1 atom stereocenters. The maximum absolute atomic E-state index is 10.9. The van der Waals surface area contributed by atoms with E-state index in [0.717, 1.165) is 0 Å². The first kappa shape index (κ1) is 9.87. The van der Waals surface area contributed by atoms with Gasteiger partial charge in [0.15, 0.2) is 0 Å². The third-order valence-corrected chi connectivity index (χ3v) is 5.34. The molecule has 1 unspecified atom stereocenters. The van der Waals surface area contributed by atoms with Crippen LogP contribution in [-0.2, 0) is 8.40 Å². The van der Waals surface area contributed by atoms with Gasteiger partial charge in [0.1, 0.15) is 0 Å². The first-order valence-corrected chi connectivity index (χ1v) is 5.74. The highest BCUT2D eigenvalue weighted by Crippen LogP contribution is 2.34. The molecule has 0 bridgehead atoms. The Kier molecular flexibility index (Phi) is 3.29. The maximum Gasteiger partial charge on any atom is 0.239 e. The number of halogens is 2. The first-order valence-electron chi connectivity index (χ1n) is 2.70. The molecule has 0 aliphatic rings. The highest BCUT2D eigenvalue weighted by molar-refractivity contribution is 14.1. The molecule has 2 nitrogen and oxygen atoms in total. The number of carbonyl (C=O) groups excluding carboxylic acids is 1. The van der Waals surface area contributed by atoms with Crippen molar-refractivity contribution in [1.29, 1.82) is 0 Å². The Hall–Kier alpha value is 0.790. The van der Waals surface area contributed by atoms with Crippen LogP contribution in [0.4, 0.5) is 0 Å². The number of hydrogen-bond donors (Lipinski definition) is 1. The van der Waals surface area contributed by atoms with Crippen molar-refractivity contribution in [2.24, 2.45) is 0 Å². The number of alkyl halides is 1. The lowest BCUT2D eigenvalue weighted by Gasteiger charge is -2.13. The Labute approximate surface area is 95.3 Å². The Morgan fingerprint density at radius 2 is 2.36 bits per heavy atom. The van der Waals surface area contributed by atoms with Crippen LogP contribution in [0.25, 0.3) is 0 Å². The SMILES string of the molecule is O=C(I)C(O)(I)c1cccs1. The molecular weight excluding hydrogens is 390 g/mol. The second kappa shape index (κ2) is 3.67. The molecule has 0 spiro atoms. The number of thiophene rings is 1. The van der Waals surface area contributed by atoms with Crippen LogP contribution in [0.2, 0.25) is 0 Å². The summed E-state index contributed by atoms with van der Waals surface area (Å²) in [5.74, 6) is 0. The summed E-state index contributed by atoms with van der Waals surface area (Å²) in [4.78, 5) is 11.6. The quantitative estimate of drug-likeness (QED) is 0.475. The fourth-order valence-corrected chi connectivity index (χ4v) is 2.31. The fraction of sp³-hybridized carbons (Fsp3) is 0.167. The molecule has 0 fully saturated rings. The van der Waals surface area contributed by atoms with Gasteiger partial charge in [-0.05, 0) is 34.0 Å². The Morgan fingerprint density at radius 3 is 2.73 bits per heavy atom. The van der Waals surface area contributed by atoms with Gasteiger partial charge in [-0.15, -0.1) is 11.3 Å². The summed E-state index contributed by atoms with van der Waals surface area (Å²) in [6.07, 6.45) is 0. The van der Waals surface area contributed by atoms with E-state index in [-0.39, 0.29) is 3.79 Å². The molecule has 5 heteroatoms. The molecule has 1 rings (SSSR count). The summed E-state index contributed by atoms with van der Waals surface area (Å²) >= 11 is 4.71.